The number of aryl methyl sites for hydroxylation is 1. The van der Waals surface area contributed by atoms with Gasteiger partial charge in [-0.2, -0.15) is 0 Å². The number of thiophene rings is 2. The van der Waals surface area contributed by atoms with Crippen LogP contribution in [-0.4, -0.2) is 26.7 Å². The molecule has 4 aromatic heterocycles. The highest BCUT2D eigenvalue weighted by Crippen LogP contribution is 2.39. The molecule has 0 fully saturated rings. The molecule has 0 N–H and O–H groups in total. The predicted molar refractivity (Wildman–Crippen MR) is 109 cm³/mol. The van der Waals surface area contributed by atoms with Gasteiger partial charge in [0.05, 0.1) is 6.04 Å². The van der Waals surface area contributed by atoms with Gasteiger partial charge in [-0.3, -0.25) is 14.0 Å². The SMILES string of the molecule is Cc1csc2ncc(C(=O)N3CCc4sccc4[C@H]3c3cccs3)c(=O)n12. The molecule has 0 radical (unpaired) electrons. The fourth-order valence-electron chi connectivity index (χ4n) is 3.62. The van der Waals surface area contributed by atoms with E-state index in [0.717, 1.165) is 17.0 Å². The third kappa shape index (κ3) is 2.59. The number of aromatic nitrogens is 2. The maximum Gasteiger partial charge on any atom is 0.271 e. The quantitative estimate of drug-likeness (QED) is 0.500. The third-order valence-corrected chi connectivity index (χ3v) is 7.77. The Morgan fingerprint density at radius 3 is 2.93 bits per heavy atom. The lowest BCUT2D eigenvalue weighted by Crippen LogP contribution is -2.42. The first kappa shape index (κ1) is 16.9. The summed E-state index contributed by atoms with van der Waals surface area (Å²) in [5.74, 6) is -0.247. The summed E-state index contributed by atoms with van der Waals surface area (Å²) < 4.78 is 1.53. The van der Waals surface area contributed by atoms with Crippen LogP contribution in [-0.2, 0) is 6.42 Å². The van der Waals surface area contributed by atoms with Crippen molar-refractivity contribution in [3.8, 4) is 0 Å². The van der Waals surface area contributed by atoms with Gasteiger partial charge in [-0.05, 0) is 41.8 Å². The number of rotatable bonds is 2. The van der Waals surface area contributed by atoms with Crippen LogP contribution in [0.2, 0.25) is 0 Å². The Labute approximate surface area is 167 Å². The molecule has 136 valence electrons. The lowest BCUT2D eigenvalue weighted by molar-refractivity contribution is 0.0696. The first-order valence-corrected chi connectivity index (χ1v) is 11.2. The van der Waals surface area contributed by atoms with Crippen molar-refractivity contribution in [1.29, 1.82) is 0 Å². The topological polar surface area (TPSA) is 54.7 Å². The van der Waals surface area contributed by atoms with Gasteiger partial charge < -0.3 is 4.90 Å². The zero-order valence-corrected chi connectivity index (χ0v) is 16.9. The van der Waals surface area contributed by atoms with Crippen molar-refractivity contribution in [3.63, 3.8) is 0 Å². The first-order valence-electron chi connectivity index (χ1n) is 8.51. The van der Waals surface area contributed by atoms with Crippen LogP contribution in [0, 0.1) is 6.92 Å². The Hall–Kier alpha value is -2.29. The second-order valence-electron chi connectivity index (χ2n) is 6.44. The van der Waals surface area contributed by atoms with E-state index >= 15 is 0 Å². The monoisotopic (exact) mass is 413 g/mol. The molecule has 0 spiro atoms. The molecule has 27 heavy (non-hydrogen) atoms. The Kier molecular flexibility index (Phi) is 3.99. The van der Waals surface area contributed by atoms with E-state index in [0.29, 0.717) is 11.5 Å². The standard InChI is InChI=1S/C19H15N3O2S3/c1-11-10-27-19-20-9-13(18(24)22(11)19)17(23)21-6-4-14-12(5-8-26-14)16(21)15-3-2-7-25-15/h2-3,5,7-10,16H,4,6H2,1H3/t16-/m0/s1. The fourth-order valence-corrected chi connectivity index (χ4v) is 6.20. The van der Waals surface area contributed by atoms with E-state index in [-0.39, 0.29) is 23.1 Å². The highest BCUT2D eigenvalue weighted by Gasteiger charge is 2.35. The Bertz CT molecular complexity index is 1200. The van der Waals surface area contributed by atoms with Gasteiger partial charge in [0.25, 0.3) is 11.5 Å². The molecule has 1 atom stereocenters. The van der Waals surface area contributed by atoms with Crippen molar-refractivity contribution in [1.82, 2.24) is 14.3 Å². The summed E-state index contributed by atoms with van der Waals surface area (Å²) in [5, 5.41) is 5.98. The zero-order valence-electron chi connectivity index (χ0n) is 14.4. The number of hydrogen-bond acceptors (Lipinski definition) is 6. The molecule has 8 heteroatoms. The van der Waals surface area contributed by atoms with Crippen LogP contribution in [0.3, 0.4) is 0 Å². The molecule has 1 aliphatic rings. The zero-order chi connectivity index (χ0) is 18.5. The van der Waals surface area contributed by atoms with E-state index in [1.54, 1.807) is 22.7 Å². The highest BCUT2D eigenvalue weighted by molar-refractivity contribution is 7.15. The summed E-state index contributed by atoms with van der Waals surface area (Å²) in [7, 11) is 0. The average Bonchev–Trinajstić information content (AvgIpc) is 3.41. The summed E-state index contributed by atoms with van der Waals surface area (Å²) in [4.78, 5) is 35.6. The van der Waals surface area contributed by atoms with Crippen molar-refractivity contribution >= 4 is 44.9 Å². The number of carbonyl (C=O) groups is 1. The van der Waals surface area contributed by atoms with Crippen LogP contribution < -0.4 is 5.56 Å². The van der Waals surface area contributed by atoms with Crippen LogP contribution >= 0.6 is 34.0 Å². The molecule has 1 aliphatic heterocycles. The molecule has 0 saturated heterocycles. The summed E-state index contributed by atoms with van der Waals surface area (Å²) >= 11 is 4.78. The molecule has 0 unspecified atom stereocenters. The molecular formula is C19H15N3O2S3. The van der Waals surface area contributed by atoms with Gasteiger partial charge >= 0.3 is 0 Å². The van der Waals surface area contributed by atoms with E-state index < -0.39 is 0 Å². The minimum Gasteiger partial charge on any atom is -0.326 e. The van der Waals surface area contributed by atoms with Crippen molar-refractivity contribution < 1.29 is 4.79 Å². The van der Waals surface area contributed by atoms with Crippen molar-refractivity contribution in [2.75, 3.05) is 6.54 Å². The van der Waals surface area contributed by atoms with E-state index in [4.69, 9.17) is 0 Å². The number of thiazole rings is 1. The second kappa shape index (κ2) is 6.40. The van der Waals surface area contributed by atoms with Crippen LogP contribution in [0.15, 0.2) is 45.3 Å². The van der Waals surface area contributed by atoms with Crippen LogP contribution in [0.1, 0.15) is 37.4 Å². The summed E-state index contributed by atoms with van der Waals surface area (Å²) in [6.07, 6.45) is 2.25. The lowest BCUT2D eigenvalue weighted by atomic mass is 9.97. The second-order valence-corrected chi connectivity index (χ2v) is 9.25. The van der Waals surface area contributed by atoms with Gasteiger partial charge in [-0.25, -0.2) is 4.98 Å². The van der Waals surface area contributed by atoms with Gasteiger partial charge in [-0.15, -0.1) is 34.0 Å². The number of amides is 1. The molecule has 5 heterocycles. The smallest absolute Gasteiger partial charge is 0.271 e. The molecule has 5 nitrogen and oxygen atoms in total. The number of fused-ring (bicyclic) bond motifs is 2. The first-order chi connectivity index (χ1) is 13.1. The molecule has 1 amide bonds. The van der Waals surface area contributed by atoms with E-state index in [2.05, 4.69) is 22.5 Å². The van der Waals surface area contributed by atoms with Crippen molar-refractivity contribution in [2.45, 2.75) is 19.4 Å². The third-order valence-electron chi connectivity index (χ3n) is 4.89. The number of nitrogens with zero attached hydrogens (tertiary/aromatic N) is 3. The minimum absolute atomic E-state index is 0.134. The lowest BCUT2D eigenvalue weighted by Gasteiger charge is -2.35. The van der Waals surface area contributed by atoms with E-state index in [9.17, 15) is 9.59 Å². The van der Waals surface area contributed by atoms with Gasteiger partial charge in [0.2, 0.25) is 0 Å². The number of hydrogen-bond donors (Lipinski definition) is 0. The molecule has 0 aliphatic carbocycles. The normalized spacial score (nSPS) is 16.6. The maximum absolute atomic E-state index is 13.4. The molecule has 0 saturated carbocycles. The van der Waals surface area contributed by atoms with Gasteiger partial charge in [0.15, 0.2) is 4.96 Å². The Morgan fingerprint density at radius 2 is 2.11 bits per heavy atom. The van der Waals surface area contributed by atoms with Crippen molar-refractivity contribution in [2.24, 2.45) is 0 Å². The van der Waals surface area contributed by atoms with Crippen LogP contribution in [0.5, 0.6) is 0 Å². The molecule has 0 bridgehead atoms. The number of carbonyl (C=O) groups excluding carboxylic acids is 1. The summed E-state index contributed by atoms with van der Waals surface area (Å²) in [5.41, 5.74) is 1.82. The summed E-state index contributed by atoms with van der Waals surface area (Å²) in [6, 6.07) is 6.01. The largest absolute Gasteiger partial charge is 0.326 e. The van der Waals surface area contributed by atoms with E-state index in [1.165, 1.54) is 32.4 Å². The molecule has 5 rings (SSSR count). The highest BCUT2D eigenvalue weighted by atomic mass is 32.1. The maximum atomic E-state index is 13.4. The Morgan fingerprint density at radius 1 is 1.22 bits per heavy atom. The minimum atomic E-state index is -0.287. The van der Waals surface area contributed by atoms with Crippen LogP contribution in [0.25, 0.3) is 4.96 Å². The van der Waals surface area contributed by atoms with E-state index in [1.807, 2.05) is 28.7 Å². The van der Waals surface area contributed by atoms with Gasteiger partial charge in [-0.1, -0.05) is 6.07 Å². The van der Waals surface area contributed by atoms with Gasteiger partial charge in [0, 0.05) is 33.6 Å². The summed E-state index contributed by atoms with van der Waals surface area (Å²) in [6.45, 7) is 2.45. The van der Waals surface area contributed by atoms with Crippen molar-refractivity contribution in [3.05, 3.63) is 77.5 Å². The van der Waals surface area contributed by atoms with Crippen LogP contribution in [0.4, 0.5) is 0 Å². The fraction of sp³-hybridized carbons (Fsp3) is 0.211. The van der Waals surface area contributed by atoms with Gasteiger partial charge in [0.1, 0.15) is 5.56 Å². The molecule has 0 aromatic carbocycles. The molecular weight excluding hydrogens is 398 g/mol. The predicted octanol–water partition coefficient (Wildman–Crippen LogP) is 3.98. The Balaban J connectivity index is 1.63. The molecule has 4 aromatic rings. The average molecular weight is 414 g/mol.